The van der Waals surface area contributed by atoms with Crippen LogP contribution in [0.5, 0.6) is 0 Å². The van der Waals surface area contributed by atoms with Gasteiger partial charge in [0, 0.05) is 24.4 Å². The fourth-order valence-corrected chi connectivity index (χ4v) is 6.37. The second-order valence-corrected chi connectivity index (χ2v) is 15.3. The van der Waals surface area contributed by atoms with Gasteiger partial charge in [0.05, 0.1) is 17.0 Å². The lowest BCUT2D eigenvalue weighted by molar-refractivity contribution is -0.167. The van der Waals surface area contributed by atoms with Crippen LogP contribution in [0.15, 0.2) is 40.8 Å². The van der Waals surface area contributed by atoms with E-state index in [1.165, 1.54) is 17.9 Å². The van der Waals surface area contributed by atoms with Crippen LogP contribution in [0.4, 0.5) is 18.9 Å². The highest BCUT2D eigenvalue weighted by Crippen LogP contribution is 2.26. The summed E-state index contributed by atoms with van der Waals surface area (Å²) >= 11 is 0. The van der Waals surface area contributed by atoms with Gasteiger partial charge in [-0.1, -0.05) is 47.1 Å². The van der Waals surface area contributed by atoms with Crippen LogP contribution >= 0.6 is 0 Å². The highest BCUT2D eigenvalue weighted by atomic mass is 32.2. The van der Waals surface area contributed by atoms with Crippen molar-refractivity contribution in [3.05, 3.63) is 35.9 Å². The van der Waals surface area contributed by atoms with Crippen LogP contribution in [0.1, 0.15) is 74.7 Å². The summed E-state index contributed by atoms with van der Waals surface area (Å²) in [4.78, 5) is 54.8. The van der Waals surface area contributed by atoms with E-state index >= 15 is 0 Å². The predicted octanol–water partition coefficient (Wildman–Crippen LogP) is 4.22. The normalized spacial score (nSPS) is 18.0. The molecule has 1 aromatic rings. The zero-order valence-electron chi connectivity index (χ0n) is 28.5. The Morgan fingerprint density at radius 1 is 1.00 bits per heavy atom. The predicted molar refractivity (Wildman–Crippen MR) is 172 cm³/mol. The van der Waals surface area contributed by atoms with Gasteiger partial charge < -0.3 is 15.5 Å². The second-order valence-electron chi connectivity index (χ2n) is 13.6. The first-order valence-electron chi connectivity index (χ1n) is 15.5. The highest BCUT2D eigenvalue weighted by molar-refractivity contribution is 7.90. The lowest BCUT2D eigenvalue weighted by Gasteiger charge is -2.41. The molecule has 11 nitrogen and oxygen atoms in total. The van der Waals surface area contributed by atoms with Gasteiger partial charge in [0.1, 0.15) is 6.04 Å². The van der Waals surface area contributed by atoms with Crippen LogP contribution in [0, 0.1) is 11.3 Å². The molecule has 1 heterocycles. The van der Waals surface area contributed by atoms with E-state index in [2.05, 4.69) is 10.2 Å². The topological polar surface area (TPSA) is 145 Å². The minimum absolute atomic E-state index is 0.00730. The van der Waals surface area contributed by atoms with E-state index in [-0.39, 0.29) is 41.1 Å². The quantitative estimate of drug-likeness (QED) is 0.296. The van der Waals surface area contributed by atoms with Crippen molar-refractivity contribution in [2.24, 2.45) is 11.3 Å². The van der Waals surface area contributed by atoms with E-state index < -0.39 is 50.4 Å². The number of anilines is 1. The van der Waals surface area contributed by atoms with E-state index in [0.717, 1.165) is 43.7 Å². The molecule has 0 spiro atoms. The third-order valence-corrected chi connectivity index (χ3v) is 9.42. The van der Waals surface area contributed by atoms with Crippen LogP contribution in [-0.2, 0) is 29.2 Å². The van der Waals surface area contributed by atoms with Crippen molar-refractivity contribution in [1.29, 1.82) is 0 Å². The Hall–Kier alpha value is -3.46. The Morgan fingerprint density at radius 2 is 1.57 bits per heavy atom. The van der Waals surface area contributed by atoms with Crippen LogP contribution in [-0.4, -0.2) is 85.8 Å². The molecule has 1 fully saturated rings. The molecule has 0 saturated carbocycles. The molecular weight excluding hydrogens is 639 g/mol. The van der Waals surface area contributed by atoms with Crippen LogP contribution < -0.4 is 15.4 Å². The van der Waals surface area contributed by atoms with Crippen molar-refractivity contribution < 1.29 is 40.8 Å². The number of amides is 4. The molecule has 0 radical (unpaired) electrons. The van der Waals surface area contributed by atoms with Crippen LogP contribution in [0.2, 0.25) is 0 Å². The number of carbonyl (C=O) groups is 4. The molecule has 1 aliphatic heterocycles. The number of likely N-dealkylation sites (tertiary alicyclic amines) is 1. The van der Waals surface area contributed by atoms with Crippen LogP contribution in [0.3, 0.4) is 0 Å². The number of nitrogens with zero attached hydrogens (tertiary/aromatic N) is 2. The molecule has 1 aliphatic rings. The molecule has 3 atom stereocenters. The smallest absolute Gasteiger partial charge is 0.342 e. The van der Waals surface area contributed by atoms with Gasteiger partial charge in [-0.2, -0.15) is 13.2 Å². The molecule has 0 aromatic heterocycles. The highest BCUT2D eigenvalue weighted by Gasteiger charge is 2.40. The van der Waals surface area contributed by atoms with Crippen molar-refractivity contribution in [3.63, 3.8) is 0 Å². The minimum Gasteiger partial charge on any atom is -0.342 e. The molecule has 47 heavy (non-hydrogen) atoms. The van der Waals surface area contributed by atoms with Gasteiger partial charge in [-0.25, -0.2) is 13.1 Å². The van der Waals surface area contributed by atoms with Crippen molar-refractivity contribution in [2.45, 2.75) is 110 Å². The van der Waals surface area contributed by atoms with Gasteiger partial charge in [-0.15, -0.1) is 0 Å². The lowest BCUT2D eigenvalue weighted by atomic mass is 9.84. The molecular formula is C32H48F3N5O6S. The standard InChI is InChI=1S/C32H48F3N5O6S/c1-19(2)25(39(9)29(43)26(31(6,7)8)37-28(42)24-12-10-11-17-40(24)20(3)4)18-21(5)27(41)38-47(45,46)23-15-13-22(14-16-23)36-30(44)32(33,34)35/h13-16,18-20,24-26H,10-12,17H2,1-9H3,(H,36,44)(H,37,42)(H,38,41)/t24-,25-,26-/m1/s1. The van der Waals surface area contributed by atoms with E-state index in [1.807, 2.05) is 53.2 Å². The summed E-state index contributed by atoms with van der Waals surface area (Å²) in [5.41, 5.74) is -0.955. The van der Waals surface area contributed by atoms with Crippen molar-refractivity contribution in [2.75, 3.05) is 18.9 Å². The van der Waals surface area contributed by atoms with E-state index in [9.17, 15) is 40.8 Å². The molecule has 4 amide bonds. The summed E-state index contributed by atoms with van der Waals surface area (Å²) in [5, 5.41) is 4.61. The third-order valence-electron chi connectivity index (χ3n) is 8.07. The lowest BCUT2D eigenvalue weighted by Crippen LogP contribution is -2.60. The maximum Gasteiger partial charge on any atom is 0.471 e. The number of benzene rings is 1. The molecule has 0 unspecified atom stereocenters. The van der Waals surface area contributed by atoms with E-state index in [4.69, 9.17) is 0 Å². The monoisotopic (exact) mass is 687 g/mol. The van der Waals surface area contributed by atoms with Crippen molar-refractivity contribution >= 4 is 39.3 Å². The first kappa shape index (κ1) is 39.7. The Morgan fingerprint density at radius 3 is 2.06 bits per heavy atom. The number of likely N-dealkylation sites (N-methyl/N-ethyl adjacent to an activating group) is 1. The average Bonchev–Trinajstić information content (AvgIpc) is 2.96. The van der Waals surface area contributed by atoms with Gasteiger partial charge in [0.2, 0.25) is 11.8 Å². The second kappa shape index (κ2) is 15.6. The summed E-state index contributed by atoms with van der Waals surface area (Å²) in [5.74, 6) is -3.99. The number of alkyl halides is 3. The fraction of sp³-hybridized carbons (Fsp3) is 0.625. The van der Waals surface area contributed by atoms with E-state index in [0.29, 0.717) is 6.42 Å². The van der Waals surface area contributed by atoms with Gasteiger partial charge in [-0.3, -0.25) is 24.1 Å². The summed E-state index contributed by atoms with van der Waals surface area (Å²) in [6, 6.07) is 2.07. The Labute approximate surface area is 275 Å². The number of halogens is 3. The van der Waals surface area contributed by atoms with Crippen LogP contribution in [0.25, 0.3) is 0 Å². The third kappa shape index (κ3) is 10.8. The summed E-state index contributed by atoms with van der Waals surface area (Å²) in [6.07, 6.45) is -1.04. The number of sulfonamides is 1. The number of hydrogen-bond acceptors (Lipinski definition) is 7. The van der Waals surface area contributed by atoms with Gasteiger partial charge in [0.15, 0.2) is 0 Å². The molecule has 15 heteroatoms. The fourth-order valence-electron chi connectivity index (χ4n) is 5.36. The van der Waals surface area contributed by atoms with Gasteiger partial charge in [-0.05, 0) is 75.8 Å². The molecule has 0 bridgehead atoms. The Bertz CT molecular complexity index is 1440. The Kier molecular flexibility index (Phi) is 13.2. The van der Waals surface area contributed by atoms with Crippen molar-refractivity contribution in [1.82, 2.24) is 19.8 Å². The summed E-state index contributed by atoms with van der Waals surface area (Å²) < 4.78 is 65.2. The largest absolute Gasteiger partial charge is 0.471 e. The first-order valence-corrected chi connectivity index (χ1v) is 17.0. The van der Waals surface area contributed by atoms with Gasteiger partial charge in [0.25, 0.3) is 15.9 Å². The van der Waals surface area contributed by atoms with E-state index in [1.54, 1.807) is 12.4 Å². The number of rotatable bonds is 11. The molecule has 264 valence electrons. The first-order chi connectivity index (χ1) is 21.5. The molecule has 1 saturated heterocycles. The average molecular weight is 688 g/mol. The summed E-state index contributed by atoms with van der Waals surface area (Å²) in [6.45, 7) is 15.5. The molecule has 1 aromatic carbocycles. The Balaban J connectivity index is 2.24. The zero-order chi connectivity index (χ0) is 36.1. The van der Waals surface area contributed by atoms with Crippen molar-refractivity contribution in [3.8, 4) is 0 Å². The number of carbonyl (C=O) groups excluding carboxylic acids is 4. The number of piperidine rings is 1. The van der Waals surface area contributed by atoms with Gasteiger partial charge >= 0.3 is 12.1 Å². The number of hydrogen-bond donors (Lipinski definition) is 3. The molecule has 2 rings (SSSR count). The maximum absolute atomic E-state index is 14.0. The minimum atomic E-state index is -5.12. The number of nitrogens with one attached hydrogen (secondary N) is 3. The summed E-state index contributed by atoms with van der Waals surface area (Å²) in [7, 11) is -2.88. The zero-order valence-corrected chi connectivity index (χ0v) is 29.3. The maximum atomic E-state index is 14.0. The SMILES string of the molecule is CC(=C[C@H](C(C)C)N(C)C(=O)[C@@H](NC(=O)[C@H]1CCCCN1C(C)C)C(C)(C)C)C(=O)NS(=O)(=O)c1ccc(NC(=O)C(F)(F)F)cc1. The molecule has 0 aliphatic carbocycles. The molecule has 3 N–H and O–H groups in total.